The molecule has 6 nitrogen and oxygen atoms in total. The third-order valence-electron chi connectivity index (χ3n) is 2.83. The van der Waals surface area contributed by atoms with Crippen LogP contribution in [0.15, 0.2) is 35.4 Å². The molecule has 2 heterocycles. The molecule has 3 N–H and O–H groups in total. The standard InChI is InChI=1S/C12H10N4O2S/c17-9(10(19)11-13-3-4-14-11)6-1-2-7-8(5-6)16-12(18)15-7/h1-5,10,19H,(H,13,14)(H2,15,16,18). The molecule has 96 valence electrons. The zero-order valence-corrected chi connectivity index (χ0v) is 10.6. The van der Waals surface area contributed by atoms with Gasteiger partial charge in [-0.25, -0.2) is 9.78 Å². The number of aromatic amines is 3. The van der Waals surface area contributed by atoms with Crippen LogP contribution in [0.3, 0.4) is 0 Å². The van der Waals surface area contributed by atoms with Gasteiger partial charge in [-0.15, -0.1) is 0 Å². The van der Waals surface area contributed by atoms with Crippen molar-refractivity contribution in [3.05, 3.63) is 52.5 Å². The van der Waals surface area contributed by atoms with Crippen molar-refractivity contribution < 1.29 is 4.79 Å². The highest BCUT2D eigenvalue weighted by atomic mass is 32.1. The minimum absolute atomic E-state index is 0.178. The Hall–Kier alpha value is -2.28. The highest BCUT2D eigenvalue weighted by Gasteiger charge is 2.20. The van der Waals surface area contributed by atoms with Crippen molar-refractivity contribution in [3.8, 4) is 0 Å². The number of aromatic nitrogens is 4. The number of H-pyrrole nitrogens is 3. The van der Waals surface area contributed by atoms with Crippen LogP contribution in [0.2, 0.25) is 0 Å². The minimum Gasteiger partial charge on any atom is -0.347 e. The van der Waals surface area contributed by atoms with E-state index in [0.717, 1.165) is 0 Å². The number of hydrogen-bond donors (Lipinski definition) is 4. The molecule has 0 saturated carbocycles. The van der Waals surface area contributed by atoms with E-state index in [9.17, 15) is 9.59 Å². The number of fused-ring (bicyclic) bond motifs is 1. The smallest absolute Gasteiger partial charge is 0.323 e. The lowest BCUT2D eigenvalue weighted by atomic mass is 10.1. The van der Waals surface area contributed by atoms with E-state index in [0.29, 0.717) is 22.4 Å². The Labute approximate surface area is 112 Å². The highest BCUT2D eigenvalue weighted by molar-refractivity contribution is 7.81. The highest BCUT2D eigenvalue weighted by Crippen LogP contribution is 2.22. The molecule has 1 atom stereocenters. The molecular formula is C12H10N4O2S. The van der Waals surface area contributed by atoms with Crippen molar-refractivity contribution in [1.82, 2.24) is 19.9 Å². The van der Waals surface area contributed by atoms with Crippen LogP contribution in [0.4, 0.5) is 0 Å². The maximum absolute atomic E-state index is 12.3. The van der Waals surface area contributed by atoms with Crippen LogP contribution in [-0.2, 0) is 0 Å². The van der Waals surface area contributed by atoms with Gasteiger partial charge < -0.3 is 15.0 Å². The number of ketones is 1. The van der Waals surface area contributed by atoms with Crippen molar-refractivity contribution in [3.63, 3.8) is 0 Å². The lowest BCUT2D eigenvalue weighted by molar-refractivity contribution is 0.0988. The Balaban J connectivity index is 1.99. The summed E-state index contributed by atoms with van der Waals surface area (Å²) in [5, 5.41) is -0.655. The molecule has 0 radical (unpaired) electrons. The second-order valence-corrected chi connectivity index (χ2v) is 4.60. The average Bonchev–Trinajstić information content (AvgIpc) is 3.03. The largest absolute Gasteiger partial charge is 0.347 e. The van der Waals surface area contributed by atoms with E-state index in [1.165, 1.54) is 0 Å². The Morgan fingerprint density at radius 3 is 2.79 bits per heavy atom. The van der Waals surface area contributed by atoms with Gasteiger partial charge in [0.05, 0.1) is 11.0 Å². The van der Waals surface area contributed by atoms with Crippen LogP contribution in [0, 0.1) is 0 Å². The zero-order chi connectivity index (χ0) is 13.4. The van der Waals surface area contributed by atoms with E-state index in [1.807, 2.05) is 0 Å². The summed E-state index contributed by atoms with van der Waals surface area (Å²) in [6, 6.07) is 4.96. The number of thiol groups is 1. The Kier molecular flexibility index (Phi) is 2.75. The van der Waals surface area contributed by atoms with Crippen LogP contribution >= 0.6 is 12.6 Å². The van der Waals surface area contributed by atoms with Gasteiger partial charge in [-0.05, 0) is 18.2 Å². The van der Waals surface area contributed by atoms with Gasteiger partial charge >= 0.3 is 5.69 Å². The first-order valence-electron chi connectivity index (χ1n) is 5.59. The van der Waals surface area contributed by atoms with E-state index in [4.69, 9.17) is 0 Å². The molecule has 1 unspecified atom stereocenters. The van der Waals surface area contributed by atoms with Gasteiger partial charge in [0.2, 0.25) is 0 Å². The molecule has 3 aromatic rings. The average molecular weight is 274 g/mol. The molecule has 0 amide bonds. The predicted molar refractivity (Wildman–Crippen MR) is 73.6 cm³/mol. The first-order valence-corrected chi connectivity index (χ1v) is 6.10. The van der Waals surface area contributed by atoms with Crippen molar-refractivity contribution in [1.29, 1.82) is 0 Å². The van der Waals surface area contributed by atoms with Crippen LogP contribution < -0.4 is 5.69 Å². The minimum atomic E-state index is -0.655. The maximum Gasteiger partial charge on any atom is 0.323 e. The Morgan fingerprint density at radius 1 is 1.26 bits per heavy atom. The van der Waals surface area contributed by atoms with Crippen molar-refractivity contribution in [2.75, 3.05) is 0 Å². The number of nitrogens with one attached hydrogen (secondary N) is 3. The molecule has 1 aromatic carbocycles. The fraction of sp³-hybridized carbons (Fsp3) is 0.0833. The number of carbonyl (C=O) groups excluding carboxylic acids is 1. The van der Waals surface area contributed by atoms with Gasteiger partial charge in [0.1, 0.15) is 11.1 Å². The third-order valence-corrected chi connectivity index (χ3v) is 3.31. The molecule has 3 rings (SSSR count). The van der Waals surface area contributed by atoms with Gasteiger partial charge in [0, 0.05) is 18.0 Å². The number of benzene rings is 1. The Morgan fingerprint density at radius 2 is 2.05 bits per heavy atom. The van der Waals surface area contributed by atoms with Gasteiger partial charge in [-0.3, -0.25) is 4.79 Å². The first-order chi connectivity index (χ1) is 9.15. The summed E-state index contributed by atoms with van der Waals surface area (Å²) in [5.74, 6) is 0.318. The van der Waals surface area contributed by atoms with Crippen LogP contribution in [0.25, 0.3) is 11.0 Å². The second kappa shape index (κ2) is 4.43. The number of Topliss-reactive ketones (excluding diaryl/α,β-unsaturated/α-hetero) is 1. The lowest BCUT2D eigenvalue weighted by Crippen LogP contribution is -2.09. The van der Waals surface area contributed by atoms with Crippen LogP contribution in [0.5, 0.6) is 0 Å². The number of hydrogen-bond acceptors (Lipinski definition) is 4. The summed E-state index contributed by atoms with van der Waals surface area (Å²) < 4.78 is 0. The summed E-state index contributed by atoms with van der Waals surface area (Å²) in [4.78, 5) is 35.5. The molecule has 0 saturated heterocycles. The van der Waals surface area contributed by atoms with Gasteiger partial charge in [0.15, 0.2) is 5.78 Å². The number of nitrogens with zero attached hydrogens (tertiary/aromatic N) is 1. The van der Waals surface area contributed by atoms with E-state index < -0.39 is 5.25 Å². The molecule has 0 aliphatic rings. The maximum atomic E-state index is 12.3. The van der Waals surface area contributed by atoms with Crippen molar-refractivity contribution >= 4 is 29.4 Å². The molecule has 19 heavy (non-hydrogen) atoms. The van der Waals surface area contributed by atoms with Gasteiger partial charge in [0.25, 0.3) is 0 Å². The number of rotatable bonds is 3. The molecule has 0 spiro atoms. The Bertz CT molecular complexity index is 788. The molecule has 7 heteroatoms. The normalized spacial score (nSPS) is 12.7. The second-order valence-electron chi connectivity index (χ2n) is 4.08. The molecule has 0 aliphatic carbocycles. The topological polar surface area (TPSA) is 94.4 Å². The summed E-state index contributed by atoms with van der Waals surface area (Å²) >= 11 is 4.27. The molecule has 0 fully saturated rings. The summed E-state index contributed by atoms with van der Waals surface area (Å²) in [7, 11) is 0. The van der Waals surface area contributed by atoms with E-state index in [2.05, 4.69) is 32.6 Å². The van der Waals surface area contributed by atoms with Crippen molar-refractivity contribution in [2.45, 2.75) is 5.25 Å². The lowest BCUT2D eigenvalue weighted by Gasteiger charge is -2.06. The number of imidazole rings is 2. The molecule has 2 aromatic heterocycles. The molecule has 0 bridgehead atoms. The van der Waals surface area contributed by atoms with Crippen LogP contribution in [0.1, 0.15) is 21.4 Å². The molecule has 0 aliphatic heterocycles. The third kappa shape index (κ3) is 2.08. The monoisotopic (exact) mass is 274 g/mol. The predicted octanol–water partition coefficient (Wildman–Crippen LogP) is 1.43. The van der Waals surface area contributed by atoms with Gasteiger partial charge in [-0.1, -0.05) is 0 Å². The fourth-order valence-corrected chi connectivity index (χ4v) is 2.19. The summed E-state index contributed by atoms with van der Waals surface area (Å²) in [6.07, 6.45) is 3.21. The van der Waals surface area contributed by atoms with E-state index in [1.54, 1.807) is 30.6 Å². The van der Waals surface area contributed by atoms with E-state index in [-0.39, 0.29) is 11.5 Å². The summed E-state index contributed by atoms with van der Waals surface area (Å²) in [6.45, 7) is 0. The van der Waals surface area contributed by atoms with Crippen LogP contribution in [-0.4, -0.2) is 25.7 Å². The first kappa shape index (κ1) is 11.8. The van der Waals surface area contributed by atoms with Gasteiger partial charge in [-0.2, -0.15) is 12.6 Å². The quantitative estimate of drug-likeness (QED) is 0.430. The van der Waals surface area contributed by atoms with Crippen molar-refractivity contribution in [2.24, 2.45) is 0 Å². The van der Waals surface area contributed by atoms with E-state index >= 15 is 0 Å². The molecular weight excluding hydrogens is 264 g/mol. The number of carbonyl (C=O) groups is 1. The summed E-state index contributed by atoms with van der Waals surface area (Å²) in [5.41, 5.74) is 1.43. The fourth-order valence-electron chi connectivity index (χ4n) is 1.89. The zero-order valence-electron chi connectivity index (χ0n) is 9.68. The SMILES string of the molecule is O=C(c1ccc2[nH]c(=O)[nH]c2c1)C(S)c1ncc[nH]1.